The zero-order valence-corrected chi connectivity index (χ0v) is 18.0. The summed E-state index contributed by atoms with van der Waals surface area (Å²) in [5.41, 5.74) is 0. The molecule has 0 bridgehead atoms. The highest BCUT2D eigenvalue weighted by atomic mass is 127. The van der Waals surface area contributed by atoms with E-state index in [1.54, 1.807) is 0 Å². The van der Waals surface area contributed by atoms with E-state index in [4.69, 9.17) is 4.99 Å². The van der Waals surface area contributed by atoms with Gasteiger partial charge < -0.3 is 15.5 Å². The summed E-state index contributed by atoms with van der Waals surface area (Å²) < 4.78 is 0. The van der Waals surface area contributed by atoms with Gasteiger partial charge in [-0.25, -0.2) is 0 Å². The Morgan fingerprint density at radius 1 is 1.26 bits per heavy atom. The highest BCUT2D eigenvalue weighted by Gasteiger charge is 2.19. The third-order valence-corrected chi connectivity index (χ3v) is 5.94. The molecule has 0 aromatic rings. The van der Waals surface area contributed by atoms with E-state index >= 15 is 0 Å². The fourth-order valence-corrected chi connectivity index (χ4v) is 4.16. The number of hydrogen-bond acceptors (Lipinski definition) is 4. The van der Waals surface area contributed by atoms with Crippen molar-refractivity contribution in [1.29, 1.82) is 0 Å². The Bertz CT molecular complexity index is 341. The molecule has 2 rings (SSSR count). The molecule has 0 aromatic carbocycles. The molecule has 0 spiro atoms. The molecule has 2 aliphatic rings. The Hall–Kier alpha value is 0.270. The van der Waals surface area contributed by atoms with E-state index in [0.717, 1.165) is 43.9 Å². The van der Waals surface area contributed by atoms with E-state index in [1.807, 2.05) is 0 Å². The minimum absolute atomic E-state index is 0. The van der Waals surface area contributed by atoms with Gasteiger partial charge in [0.25, 0.3) is 0 Å². The van der Waals surface area contributed by atoms with Crippen LogP contribution in [0.1, 0.15) is 26.7 Å². The Morgan fingerprint density at radius 2 is 2.00 bits per heavy atom. The van der Waals surface area contributed by atoms with Crippen LogP contribution in [0.15, 0.2) is 4.99 Å². The molecule has 23 heavy (non-hydrogen) atoms. The second kappa shape index (κ2) is 11.8. The number of thioether (sulfide) groups is 1. The van der Waals surface area contributed by atoms with E-state index in [0.29, 0.717) is 6.04 Å². The first-order chi connectivity index (χ1) is 10.7. The maximum absolute atomic E-state index is 4.80. The van der Waals surface area contributed by atoms with Crippen LogP contribution in [-0.4, -0.2) is 85.7 Å². The van der Waals surface area contributed by atoms with Crippen LogP contribution in [0.4, 0.5) is 0 Å². The van der Waals surface area contributed by atoms with Gasteiger partial charge in [0.1, 0.15) is 0 Å². The summed E-state index contributed by atoms with van der Waals surface area (Å²) in [6.07, 6.45) is 2.71. The summed E-state index contributed by atoms with van der Waals surface area (Å²) in [4.78, 5) is 9.75. The molecule has 2 fully saturated rings. The van der Waals surface area contributed by atoms with E-state index in [-0.39, 0.29) is 24.0 Å². The first-order valence-corrected chi connectivity index (χ1v) is 9.80. The molecule has 136 valence electrons. The lowest BCUT2D eigenvalue weighted by molar-refractivity contribution is 0.122. The standard InChI is InChI=1S/C16H33N5S.HI/c1-4-17-16(19-13-15-6-5-11-22-15)18-12-14(2)21-9-7-20(3)8-10-21;/h14-15H,4-13H2,1-3H3,(H2,17,18,19);1H. The topological polar surface area (TPSA) is 42.9 Å². The first kappa shape index (κ1) is 21.3. The second-order valence-corrected chi connectivity index (χ2v) is 7.83. The van der Waals surface area contributed by atoms with Gasteiger partial charge in [0.15, 0.2) is 5.96 Å². The Morgan fingerprint density at radius 3 is 2.61 bits per heavy atom. The van der Waals surface area contributed by atoms with Crippen molar-refractivity contribution in [1.82, 2.24) is 20.4 Å². The number of hydrogen-bond donors (Lipinski definition) is 2. The van der Waals surface area contributed by atoms with Crippen molar-refractivity contribution in [2.24, 2.45) is 4.99 Å². The van der Waals surface area contributed by atoms with Crippen molar-refractivity contribution in [3.63, 3.8) is 0 Å². The molecule has 2 aliphatic heterocycles. The largest absolute Gasteiger partial charge is 0.357 e. The number of piperazine rings is 1. The van der Waals surface area contributed by atoms with Crippen molar-refractivity contribution >= 4 is 41.7 Å². The lowest BCUT2D eigenvalue weighted by atomic mass is 10.2. The van der Waals surface area contributed by atoms with Gasteiger partial charge in [0.05, 0.1) is 6.54 Å². The van der Waals surface area contributed by atoms with Crippen LogP contribution in [0.2, 0.25) is 0 Å². The third-order valence-electron chi connectivity index (χ3n) is 4.54. The molecule has 0 aliphatic carbocycles. The van der Waals surface area contributed by atoms with Gasteiger partial charge in [-0.1, -0.05) is 0 Å². The minimum Gasteiger partial charge on any atom is -0.357 e. The Kier molecular flexibility index (Phi) is 10.9. The lowest BCUT2D eigenvalue weighted by Gasteiger charge is -2.35. The smallest absolute Gasteiger partial charge is 0.191 e. The number of rotatable bonds is 6. The molecule has 2 unspecified atom stereocenters. The van der Waals surface area contributed by atoms with Gasteiger partial charge in [0, 0.05) is 50.6 Å². The molecular formula is C16H34IN5S. The first-order valence-electron chi connectivity index (χ1n) is 8.75. The van der Waals surface area contributed by atoms with Gasteiger partial charge in [-0.05, 0) is 39.5 Å². The molecule has 0 radical (unpaired) electrons. The van der Waals surface area contributed by atoms with Gasteiger partial charge in [-0.3, -0.25) is 9.89 Å². The van der Waals surface area contributed by atoms with Crippen molar-refractivity contribution in [3.8, 4) is 0 Å². The molecule has 0 amide bonds. The zero-order valence-electron chi connectivity index (χ0n) is 14.9. The summed E-state index contributed by atoms with van der Waals surface area (Å²) >= 11 is 2.09. The Labute approximate surface area is 163 Å². The van der Waals surface area contributed by atoms with Gasteiger partial charge in [0.2, 0.25) is 0 Å². The van der Waals surface area contributed by atoms with E-state index < -0.39 is 0 Å². The van der Waals surface area contributed by atoms with Crippen LogP contribution < -0.4 is 10.6 Å². The molecule has 2 heterocycles. The molecule has 7 heteroatoms. The quantitative estimate of drug-likeness (QED) is 0.363. The van der Waals surface area contributed by atoms with E-state index in [9.17, 15) is 0 Å². The predicted octanol–water partition coefficient (Wildman–Crippen LogP) is 1.69. The van der Waals surface area contributed by atoms with Crippen molar-refractivity contribution in [3.05, 3.63) is 0 Å². The number of aliphatic imine (C=N–C) groups is 1. The molecule has 2 N–H and O–H groups in total. The predicted molar refractivity (Wildman–Crippen MR) is 113 cm³/mol. The molecule has 0 saturated carbocycles. The van der Waals surface area contributed by atoms with Gasteiger partial charge in [-0.15, -0.1) is 24.0 Å². The summed E-state index contributed by atoms with van der Waals surface area (Å²) in [5.74, 6) is 2.30. The maximum atomic E-state index is 4.80. The molecule has 2 saturated heterocycles. The molecule has 2 atom stereocenters. The highest BCUT2D eigenvalue weighted by Crippen LogP contribution is 2.25. The number of nitrogens with zero attached hydrogens (tertiary/aromatic N) is 3. The third kappa shape index (κ3) is 7.79. The summed E-state index contributed by atoms with van der Waals surface area (Å²) in [5, 5.41) is 7.66. The normalized spacial score (nSPS) is 25.0. The lowest BCUT2D eigenvalue weighted by Crippen LogP contribution is -2.49. The van der Waals surface area contributed by atoms with E-state index in [2.05, 4.69) is 53.1 Å². The number of guanidine groups is 1. The van der Waals surface area contributed by atoms with Crippen LogP contribution in [0.3, 0.4) is 0 Å². The van der Waals surface area contributed by atoms with Crippen LogP contribution in [0.25, 0.3) is 0 Å². The monoisotopic (exact) mass is 455 g/mol. The SMILES string of the molecule is CCNC(=NCC(C)N1CCN(C)CC1)NCC1CCCS1.I. The van der Waals surface area contributed by atoms with Crippen LogP contribution in [-0.2, 0) is 0 Å². The van der Waals surface area contributed by atoms with Crippen molar-refractivity contribution < 1.29 is 0 Å². The van der Waals surface area contributed by atoms with Gasteiger partial charge in [-0.2, -0.15) is 11.8 Å². The molecule has 5 nitrogen and oxygen atoms in total. The van der Waals surface area contributed by atoms with E-state index in [1.165, 1.54) is 31.7 Å². The van der Waals surface area contributed by atoms with Crippen LogP contribution in [0, 0.1) is 0 Å². The molecular weight excluding hydrogens is 421 g/mol. The highest BCUT2D eigenvalue weighted by molar-refractivity contribution is 14.0. The zero-order chi connectivity index (χ0) is 15.8. The summed E-state index contributed by atoms with van der Waals surface area (Å²) in [6.45, 7) is 11.9. The fraction of sp³-hybridized carbons (Fsp3) is 0.938. The second-order valence-electron chi connectivity index (χ2n) is 6.42. The average molecular weight is 455 g/mol. The maximum Gasteiger partial charge on any atom is 0.191 e. The summed E-state index contributed by atoms with van der Waals surface area (Å²) in [7, 11) is 2.20. The average Bonchev–Trinajstić information content (AvgIpc) is 3.04. The van der Waals surface area contributed by atoms with Crippen LogP contribution >= 0.6 is 35.7 Å². The fourth-order valence-electron chi connectivity index (χ4n) is 2.96. The van der Waals surface area contributed by atoms with Crippen molar-refractivity contribution in [2.45, 2.75) is 38.0 Å². The minimum atomic E-state index is 0. The molecule has 0 aromatic heterocycles. The number of halogens is 1. The Balaban J connectivity index is 0.00000264. The van der Waals surface area contributed by atoms with Crippen molar-refractivity contribution in [2.75, 3.05) is 58.6 Å². The van der Waals surface area contributed by atoms with Crippen LogP contribution in [0.5, 0.6) is 0 Å². The van der Waals surface area contributed by atoms with Gasteiger partial charge >= 0.3 is 0 Å². The number of nitrogens with one attached hydrogen (secondary N) is 2. The number of likely N-dealkylation sites (N-methyl/N-ethyl adjacent to an activating group) is 1. The summed E-state index contributed by atoms with van der Waals surface area (Å²) in [6, 6.07) is 0.519.